The van der Waals surface area contributed by atoms with Crippen LogP contribution in [0, 0.1) is 0 Å². The van der Waals surface area contributed by atoms with Crippen LogP contribution >= 0.6 is 11.8 Å². The monoisotopic (exact) mass is 342 g/mol. The molecule has 1 aliphatic carbocycles. The van der Waals surface area contributed by atoms with Crippen molar-refractivity contribution in [1.82, 2.24) is 10.0 Å². The first-order chi connectivity index (χ1) is 10.5. The number of hydrogen-bond acceptors (Lipinski definition) is 4. The zero-order valence-electron chi connectivity index (χ0n) is 12.7. The molecule has 1 amide bonds. The van der Waals surface area contributed by atoms with E-state index in [2.05, 4.69) is 10.0 Å². The SMILES string of the molecule is CCSCCNS(=O)(=O)c1cccc(C(=O)NC2CCC2)c1. The second-order valence-corrected chi connectivity index (χ2v) is 8.38. The summed E-state index contributed by atoms with van der Waals surface area (Å²) in [5.41, 5.74) is 0.387. The number of thioether (sulfide) groups is 1. The van der Waals surface area contributed by atoms with Gasteiger partial charge in [-0.25, -0.2) is 13.1 Å². The molecule has 7 heteroatoms. The Hall–Kier alpha value is -1.05. The minimum Gasteiger partial charge on any atom is -0.349 e. The van der Waals surface area contributed by atoms with E-state index in [1.54, 1.807) is 23.9 Å². The Bertz CT molecular complexity index is 613. The molecular formula is C15H22N2O3S2. The number of amides is 1. The third-order valence-electron chi connectivity index (χ3n) is 3.59. The van der Waals surface area contributed by atoms with Crippen LogP contribution in [0.15, 0.2) is 29.2 Å². The van der Waals surface area contributed by atoms with Crippen molar-refractivity contribution in [2.45, 2.75) is 37.1 Å². The van der Waals surface area contributed by atoms with Crippen molar-refractivity contribution in [2.24, 2.45) is 0 Å². The highest BCUT2D eigenvalue weighted by atomic mass is 32.2. The van der Waals surface area contributed by atoms with E-state index < -0.39 is 10.0 Å². The zero-order chi connectivity index (χ0) is 16.0. The van der Waals surface area contributed by atoms with Crippen LogP contribution in [-0.2, 0) is 10.0 Å². The molecule has 0 bridgehead atoms. The second kappa shape index (κ2) is 7.99. The van der Waals surface area contributed by atoms with Crippen LogP contribution in [0.25, 0.3) is 0 Å². The van der Waals surface area contributed by atoms with E-state index in [1.165, 1.54) is 12.1 Å². The molecule has 22 heavy (non-hydrogen) atoms. The van der Waals surface area contributed by atoms with Gasteiger partial charge in [-0.15, -0.1) is 0 Å². The fourth-order valence-corrected chi connectivity index (χ4v) is 3.84. The Labute approximate surface area is 136 Å². The number of hydrogen-bond donors (Lipinski definition) is 2. The summed E-state index contributed by atoms with van der Waals surface area (Å²) in [4.78, 5) is 12.2. The van der Waals surface area contributed by atoms with Crippen molar-refractivity contribution in [2.75, 3.05) is 18.1 Å². The molecule has 1 aromatic rings. The van der Waals surface area contributed by atoms with Crippen molar-refractivity contribution in [3.05, 3.63) is 29.8 Å². The Morgan fingerprint density at radius 2 is 2.14 bits per heavy atom. The molecule has 0 aliphatic heterocycles. The molecule has 1 aromatic carbocycles. The summed E-state index contributed by atoms with van der Waals surface area (Å²) in [5, 5.41) is 2.91. The van der Waals surface area contributed by atoms with Gasteiger partial charge in [-0.3, -0.25) is 4.79 Å². The lowest BCUT2D eigenvalue weighted by Gasteiger charge is -2.26. The molecular weight excluding hydrogens is 320 g/mol. The largest absolute Gasteiger partial charge is 0.349 e. The molecule has 5 nitrogen and oxygen atoms in total. The maximum absolute atomic E-state index is 12.2. The lowest BCUT2D eigenvalue weighted by Crippen LogP contribution is -2.39. The molecule has 0 aromatic heterocycles. The highest BCUT2D eigenvalue weighted by Gasteiger charge is 2.21. The zero-order valence-corrected chi connectivity index (χ0v) is 14.3. The molecule has 0 saturated heterocycles. The normalized spacial score (nSPS) is 15.3. The molecule has 1 aliphatic rings. The smallest absolute Gasteiger partial charge is 0.251 e. The number of nitrogens with one attached hydrogen (secondary N) is 2. The van der Waals surface area contributed by atoms with Gasteiger partial charge in [0.25, 0.3) is 5.91 Å². The molecule has 2 rings (SSSR count). The van der Waals surface area contributed by atoms with E-state index in [1.807, 2.05) is 6.92 Å². The third kappa shape index (κ3) is 4.72. The summed E-state index contributed by atoms with van der Waals surface area (Å²) in [6.07, 6.45) is 3.14. The first-order valence-electron chi connectivity index (χ1n) is 7.51. The summed E-state index contributed by atoms with van der Waals surface area (Å²) in [6.45, 7) is 2.42. The van der Waals surface area contributed by atoms with Crippen molar-refractivity contribution < 1.29 is 13.2 Å². The Kier molecular flexibility index (Phi) is 6.28. The number of sulfonamides is 1. The molecule has 0 unspecified atom stereocenters. The van der Waals surface area contributed by atoms with Gasteiger partial charge in [0.05, 0.1) is 4.90 Å². The van der Waals surface area contributed by atoms with Crippen LogP contribution in [-0.4, -0.2) is 38.4 Å². The van der Waals surface area contributed by atoms with Gasteiger partial charge in [0.1, 0.15) is 0 Å². The van der Waals surface area contributed by atoms with Crippen LogP contribution in [0.2, 0.25) is 0 Å². The predicted molar refractivity (Wildman–Crippen MR) is 89.7 cm³/mol. The third-order valence-corrected chi connectivity index (χ3v) is 5.95. The lowest BCUT2D eigenvalue weighted by molar-refractivity contribution is 0.0916. The standard InChI is InChI=1S/C15H22N2O3S2/c1-2-21-10-9-16-22(19,20)14-8-3-5-12(11-14)15(18)17-13-6-4-7-13/h3,5,8,11,13,16H,2,4,6-7,9-10H2,1H3,(H,17,18). The van der Waals surface area contributed by atoms with E-state index in [0.29, 0.717) is 12.1 Å². The highest BCUT2D eigenvalue weighted by Crippen LogP contribution is 2.19. The average molecular weight is 342 g/mol. The van der Waals surface area contributed by atoms with Crippen molar-refractivity contribution in [3.8, 4) is 0 Å². The van der Waals surface area contributed by atoms with E-state index >= 15 is 0 Å². The Morgan fingerprint density at radius 1 is 1.36 bits per heavy atom. The summed E-state index contributed by atoms with van der Waals surface area (Å²) in [6, 6.07) is 6.42. The van der Waals surface area contributed by atoms with Crippen molar-refractivity contribution in [1.29, 1.82) is 0 Å². The number of carbonyl (C=O) groups is 1. The quantitative estimate of drug-likeness (QED) is 0.709. The van der Waals surface area contributed by atoms with Gasteiger partial charge in [-0.1, -0.05) is 13.0 Å². The molecule has 2 N–H and O–H groups in total. The number of rotatable bonds is 8. The average Bonchev–Trinajstić information content (AvgIpc) is 2.47. The molecule has 0 heterocycles. The summed E-state index contributed by atoms with van der Waals surface area (Å²) < 4.78 is 27.0. The minimum atomic E-state index is -3.56. The van der Waals surface area contributed by atoms with E-state index in [9.17, 15) is 13.2 Å². The topological polar surface area (TPSA) is 75.3 Å². The first-order valence-corrected chi connectivity index (χ1v) is 10.1. The van der Waals surface area contributed by atoms with Crippen molar-refractivity contribution in [3.63, 3.8) is 0 Å². The summed E-state index contributed by atoms with van der Waals surface area (Å²) in [5.74, 6) is 1.49. The van der Waals surface area contributed by atoms with Gasteiger partial charge < -0.3 is 5.32 Å². The summed E-state index contributed by atoms with van der Waals surface area (Å²) >= 11 is 1.68. The Morgan fingerprint density at radius 3 is 2.77 bits per heavy atom. The maximum Gasteiger partial charge on any atom is 0.251 e. The highest BCUT2D eigenvalue weighted by molar-refractivity contribution is 7.99. The van der Waals surface area contributed by atoms with Crippen LogP contribution in [0.1, 0.15) is 36.5 Å². The van der Waals surface area contributed by atoms with E-state index in [-0.39, 0.29) is 16.8 Å². The molecule has 0 spiro atoms. The van der Waals surface area contributed by atoms with E-state index in [0.717, 1.165) is 30.8 Å². The first kappa shape index (κ1) is 17.3. The van der Waals surface area contributed by atoms with Crippen LogP contribution in [0.3, 0.4) is 0 Å². The van der Waals surface area contributed by atoms with Gasteiger partial charge in [0.2, 0.25) is 10.0 Å². The van der Waals surface area contributed by atoms with Gasteiger partial charge >= 0.3 is 0 Å². The fraction of sp³-hybridized carbons (Fsp3) is 0.533. The minimum absolute atomic E-state index is 0.134. The van der Waals surface area contributed by atoms with Gasteiger partial charge in [-0.2, -0.15) is 11.8 Å². The van der Waals surface area contributed by atoms with Gasteiger partial charge in [0, 0.05) is 23.9 Å². The second-order valence-electron chi connectivity index (χ2n) is 5.22. The Balaban J connectivity index is 2.01. The lowest BCUT2D eigenvalue weighted by atomic mass is 9.93. The van der Waals surface area contributed by atoms with E-state index in [4.69, 9.17) is 0 Å². The van der Waals surface area contributed by atoms with Crippen molar-refractivity contribution >= 4 is 27.7 Å². The van der Waals surface area contributed by atoms with Crippen LogP contribution in [0.5, 0.6) is 0 Å². The maximum atomic E-state index is 12.2. The molecule has 0 atom stereocenters. The summed E-state index contributed by atoms with van der Waals surface area (Å²) in [7, 11) is -3.56. The molecule has 1 saturated carbocycles. The van der Waals surface area contributed by atoms with Crippen LogP contribution < -0.4 is 10.0 Å². The van der Waals surface area contributed by atoms with Gasteiger partial charge in [0.15, 0.2) is 0 Å². The number of carbonyl (C=O) groups excluding carboxylic acids is 1. The number of benzene rings is 1. The molecule has 122 valence electrons. The van der Waals surface area contributed by atoms with Gasteiger partial charge in [-0.05, 0) is 43.2 Å². The van der Waals surface area contributed by atoms with Crippen LogP contribution in [0.4, 0.5) is 0 Å². The predicted octanol–water partition coefficient (Wildman–Crippen LogP) is 2.00. The molecule has 1 fully saturated rings. The fourth-order valence-electron chi connectivity index (χ4n) is 2.10. The molecule has 0 radical (unpaired) electrons.